The molecule has 0 spiro atoms. The van der Waals surface area contributed by atoms with Crippen molar-refractivity contribution in [3.8, 4) is 0 Å². The number of hydrogen-bond donors (Lipinski definition) is 1. The summed E-state index contributed by atoms with van der Waals surface area (Å²) in [4.78, 5) is 0.365. The molecule has 0 radical (unpaired) electrons. The minimum Gasteiger partial charge on any atom is -0.361 e. The maximum Gasteiger partial charge on any atom is 0.179 e. The summed E-state index contributed by atoms with van der Waals surface area (Å²) in [5.74, 6) is 0.818. The monoisotopic (exact) mass is 322 g/mol. The summed E-state index contributed by atoms with van der Waals surface area (Å²) >= 11 is 0. The van der Waals surface area contributed by atoms with E-state index in [2.05, 4.69) is 10.5 Å². The van der Waals surface area contributed by atoms with Crippen molar-refractivity contribution in [3.05, 3.63) is 46.8 Å². The smallest absolute Gasteiger partial charge is 0.179 e. The fourth-order valence-corrected chi connectivity index (χ4v) is 3.78. The number of aryl methyl sites for hydroxylation is 3. The third-order valence-corrected chi connectivity index (χ3v) is 5.59. The third-order valence-electron chi connectivity index (χ3n) is 3.66. The van der Waals surface area contributed by atoms with Crippen LogP contribution in [0.1, 0.15) is 29.5 Å². The van der Waals surface area contributed by atoms with Crippen LogP contribution in [0.5, 0.6) is 0 Å². The van der Waals surface area contributed by atoms with Gasteiger partial charge in [0.1, 0.15) is 5.76 Å². The van der Waals surface area contributed by atoms with Gasteiger partial charge in [0.05, 0.1) is 16.3 Å². The van der Waals surface area contributed by atoms with E-state index in [0.29, 0.717) is 11.4 Å². The maximum atomic E-state index is 12.4. The molecule has 0 fully saturated rings. The molecule has 0 saturated carbocycles. The SMILES string of the molecule is Cc1ccc(S(=O)(=O)CC(C)NCc2c(C)noc2C)cc1. The first kappa shape index (κ1) is 16.7. The topological polar surface area (TPSA) is 72.2 Å². The van der Waals surface area contributed by atoms with Gasteiger partial charge in [-0.3, -0.25) is 0 Å². The Morgan fingerprint density at radius 2 is 1.82 bits per heavy atom. The summed E-state index contributed by atoms with van der Waals surface area (Å²) in [6.07, 6.45) is 0. The van der Waals surface area contributed by atoms with Gasteiger partial charge in [0.25, 0.3) is 0 Å². The summed E-state index contributed by atoms with van der Waals surface area (Å²) in [6.45, 7) is 8.08. The predicted octanol–water partition coefficient (Wildman–Crippen LogP) is 2.55. The molecule has 0 aliphatic rings. The molecule has 22 heavy (non-hydrogen) atoms. The molecule has 120 valence electrons. The van der Waals surface area contributed by atoms with E-state index in [1.807, 2.05) is 39.8 Å². The molecule has 0 bridgehead atoms. The molecule has 2 aromatic rings. The fraction of sp³-hybridized carbons (Fsp3) is 0.438. The van der Waals surface area contributed by atoms with Gasteiger partial charge in [-0.2, -0.15) is 0 Å². The lowest BCUT2D eigenvalue weighted by molar-refractivity contribution is 0.391. The predicted molar refractivity (Wildman–Crippen MR) is 85.5 cm³/mol. The first-order valence-corrected chi connectivity index (χ1v) is 8.89. The van der Waals surface area contributed by atoms with Gasteiger partial charge in [0.2, 0.25) is 0 Å². The molecule has 1 atom stereocenters. The summed E-state index contributed by atoms with van der Waals surface area (Å²) in [5.41, 5.74) is 2.86. The lowest BCUT2D eigenvalue weighted by Gasteiger charge is -2.14. The van der Waals surface area contributed by atoms with Crippen molar-refractivity contribution < 1.29 is 12.9 Å². The standard InChI is InChI=1S/C16H22N2O3S/c1-11-5-7-15(8-6-11)22(19,20)10-12(2)17-9-16-13(3)18-21-14(16)4/h5-8,12,17H,9-10H2,1-4H3. The van der Waals surface area contributed by atoms with Crippen LogP contribution in [0.25, 0.3) is 0 Å². The van der Waals surface area contributed by atoms with E-state index in [1.54, 1.807) is 12.1 Å². The summed E-state index contributed by atoms with van der Waals surface area (Å²) in [5, 5.41) is 7.12. The maximum absolute atomic E-state index is 12.4. The molecule has 2 rings (SSSR count). The highest BCUT2D eigenvalue weighted by Crippen LogP contribution is 2.15. The number of benzene rings is 1. The zero-order chi connectivity index (χ0) is 16.3. The highest BCUT2D eigenvalue weighted by Gasteiger charge is 2.19. The van der Waals surface area contributed by atoms with Gasteiger partial charge in [0, 0.05) is 18.2 Å². The van der Waals surface area contributed by atoms with Crippen molar-refractivity contribution in [2.45, 2.75) is 45.2 Å². The van der Waals surface area contributed by atoms with Gasteiger partial charge in [-0.05, 0) is 39.8 Å². The van der Waals surface area contributed by atoms with Crippen LogP contribution in [-0.2, 0) is 16.4 Å². The minimum absolute atomic E-state index is 0.0550. The number of nitrogens with one attached hydrogen (secondary N) is 1. The highest BCUT2D eigenvalue weighted by atomic mass is 32.2. The summed E-state index contributed by atoms with van der Waals surface area (Å²) in [6, 6.07) is 6.78. The Morgan fingerprint density at radius 1 is 1.18 bits per heavy atom. The number of aromatic nitrogens is 1. The number of sulfone groups is 1. The van der Waals surface area contributed by atoms with E-state index < -0.39 is 9.84 Å². The van der Waals surface area contributed by atoms with Crippen LogP contribution in [0.15, 0.2) is 33.7 Å². The van der Waals surface area contributed by atoms with E-state index >= 15 is 0 Å². The highest BCUT2D eigenvalue weighted by molar-refractivity contribution is 7.91. The Kier molecular flexibility index (Phi) is 5.03. The van der Waals surface area contributed by atoms with E-state index in [-0.39, 0.29) is 11.8 Å². The van der Waals surface area contributed by atoms with Crippen LogP contribution < -0.4 is 5.32 Å². The van der Waals surface area contributed by atoms with Crippen molar-refractivity contribution in [1.82, 2.24) is 10.5 Å². The molecule has 1 heterocycles. The average Bonchev–Trinajstić information content (AvgIpc) is 2.76. The quantitative estimate of drug-likeness (QED) is 0.885. The van der Waals surface area contributed by atoms with E-state index in [4.69, 9.17) is 4.52 Å². The molecule has 1 N–H and O–H groups in total. The Hall–Kier alpha value is -1.66. The molecule has 0 saturated heterocycles. The van der Waals surface area contributed by atoms with Gasteiger partial charge in [-0.1, -0.05) is 22.9 Å². The van der Waals surface area contributed by atoms with Gasteiger partial charge < -0.3 is 9.84 Å². The van der Waals surface area contributed by atoms with E-state index in [9.17, 15) is 8.42 Å². The molecule has 0 aliphatic heterocycles. The Morgan fingerprint density at radius 3 is 2.36 bits per heavy atom. The normalized spacial score (nSPS) is 13.3. The molecule has 1 aromatic carbocycles. The molecule has 1 aromatic heterocycles. The van der Waals surface area contributed by atoms with Gasteiger partial charge in [-0.25, -0.2) is 8.42 Å². The second-order valence-electron chi connectivity index (χ2n) is 5.68. The Labute approximate surface area is 131 Å². The van der Waals surface area contributed by atoms with Crippen molar-refractivity contribution in [2.75, 3.05) is 5.75 Å². The number of hydrogen-bond acceptors (Lipinski definition) is 5. The summed E-state index contributed by atoms with van der Waals surface area (Å²) < 4.78 is 29.9. The van der Waals surface area contributed by atoms with Gasteiger partial charge >= 0.3 is 0 Å². The molecule has 6 heteroatoms. The minimum atomic E-state index is -3.29. The molecular formula is C16H22N2O3S. The zero-order valence-electron chi connectivity index (χ0n) is 13.4. The first-order chi connectivity index (χ1) is 10.3. The molecule has 0 aliphatic carbocycles. The van der Waals surface area contributed by atoms with E-state index in [0.717, 1.165) is 22.6 Å². The second kappa shape index (κ2) is 6.62. The molecular weight excluding hydrogens is 300 g/mol. The van der Waals surface area contributed by atoms with Crippen LogP contribution in [0, 0.1) is 20.8 Å². The first-order valence-electron chi connectivity index (χ1n) is 7.24. The van der Waals surface area contributed by atoms with Crippen molar-refractivity contribution in [2.24, 2.45) is 0 Å². The van der Waals surface area contributed by atoms with Crippen LogP contribution in [-0.4, -0.2) is 25.4 Å². The molecule has 0 amide bonds. The van der Waals surface area contributed by atoms with E-state index in [1.165, 1.54) is 0 Å². The zero-order valence-corrected chi connectivity index (χ0v) is 14.2. The van der Waals surface area contributed by atoms with Crippen molar-refractivity contribution >= 4 is 9.84 Å². The van der Waals surface area contributed by atoms with Crippen LogP contribution in [0.2, 0.25) is 0 Å². The van der Waals surface area contributed by atoms with Crippen LogP contribution >= 0.6 is 0 Å². The average molecular weight is 322 g/mol. The second-order valence-corrected chi connectivity index (χ2v) is 7.71. The Balaban J connectivity index is 1.99. The van der Waals surface area contributed by atoms with Crippen molar-refractivity contribution in [3.63, 3.8) is 0 Å². The number of nitrogens with zero attached hydrogens (tertiary/aromatic N) is 1. The lowest BCUT2D eigenvalue weighted by atomic mass is 10.2. The van der Waals surface area contributed by atoms with Crippen LogP contribution in [0.4, 0.5) is 0 Å². The lowest BCUT2D eigenvalue weighted by Crippen LogP contribution is -2.32. The molecule has 1 unspecified atom stereocenters. The Bertz CT molecular complexity index is 714. The fourth-order valence-electron chi connectivity index (χ4n) is 2.26. The number of rotatable bonds is 6. The largest absolute Gasteiger partial charge is 0.361 e. The third kappa shape index (κ3) is 3.96. The van der Waals surface area contributed by atoms with Gasteiger partial charge in [0.15, 0.2) is 9.84 Å². The van der Waals surface area contributed by atoms with Crippen molar-refractivity contribution in [1.29, 1.82) is 0 Å². The molecule has 5 nitrogen and oxygen atoms in total. The summed E-state index contributed by atoms with van der Waals surface area (Å²) in [7, 11) is -3.29. The van der Waals surface area contributed by atoms with Crippen LogP contribution in [0.3, 0.4) is 0 Å². The van der Waals surface area contributed by atoms with Gasteiger partial charge in [-0.15, -0.1) is 0 Å².